The van der Waals surface area contributed by atoms with Gasteiger partial charge in [-0.3, -0.25) is 0 Å². The van der Waals surface area contributed by atoms with Crippen LogP contribution in [0.25, 0.3) is 0 Å². The average Bonchev–Trinajstić information content (AvgIpc) is 2.48. The Morgan fingerprint density at radius 2 is 1.90 bits per heavy atom. The van der Waals surface area contributed by atoms with Crippen LogP contribution >= 0.6 is 11.6 Å². The Morgan fingerprint density at radius 3 is 2.50 bits per heavy atom. The number of methoxy groups -OCH3 is 2. The second-order valence-electron chi connectivity index (χ2n) is 4.15. The fourth-order valence-electron chi connectivity index (χ4n) is 1.78. The van der Waals surface area contributed by atoms with E-state index in [2.05, 4.69) is 9.97 Å². The number of benzene rings is 1. The van der Waals surface area contributed by atoms with Crippen molar-refractivity contribution in [2.45, 2.75) is 12.5 Å². The summed E-state index contributed by atoms with van der Waals surface area (Å²) in [7, 11) is 2.97. The monoisotopic (exact) mass is 294 g/mol. The Labute approximate surface area is 122 Å². The SMILES string of the molecule is COc1cnc(C(O)Cc2ccc(Cl)cc2)c(OC)n1. The molecule has 0 saturated heterocycles. The standard InChI is InChI=1S/C14H15ClN2O3/c1-19-12-8-16-13(14(17-12)20-2)11(18)7-9-3-5-10(15)6-4-9/h3-6,8,11,18H,7H2,1-2H3. The lowest BCUT2D eigenvalue weighted by molar-refractivity contribution is 0.167. The van der Waals surface area contributed by atoms with E-state index in [0.29, 0.717) is 23.0 Å². The number of hydrogen-bond donors (Lipinski definition) is 1. The van der Waals surface area contributed by atoms with Crippen molar-refractivity contribution >= 4 is 11.6 Å². The van der Waals surface area contributed by atoms with Gasteiger partial charge in [0.1, 0.15) is 11.8 Å². The Morgan fingerprint density at radius 1 is 1.20 bits per heavy atom. The summed E-state index contributed by atoms with van der Waals surface area (Å²) in [6.45, 7) is 0. The van der Waals surface area contributed by atoms with Crippen molar-refractivity contribution in [2.24, 2.45) is 0 Å². The maximum absolute atomic E-state index is 10.3. The minimum absolute atomic E-state index is 0.255. The van der Waals surface area contributed by atoms with E-state index >= 15 is 0 Å². The molecule has 1 N–H and O–H groups in total. The van der Waals surface area contributed by atoms with E-state index in [-0.39, 0.29) is 5.88 Å². The average molecular weight is 295 g/mol. The number of halogens is 1. The van der Waals surface area contributed by atoms with Crippen LogP contribution in [-0.2, 0) is 6.42 Å². The van der Waals surface area contributed by atoms with E-state index in [9.17, 15) is 5.11 Å². The molecule has 0 aliphatic heterocycles. The summed E-state index contributed by atoms with van der Waals surface area (Å²) in [5.41, 5.74) is 1.32. The van der Waals surface area contributed by atoms with Crippen LogP contribution in [0.15, 0.2) is 30.5 Å². The second-order valence-corrected chi connectivity index (χ2v) is 4.59. The van der Waals surface area contributed by atoms with Gasteiger partial charge in [0.2, 0.25) is 11.8 Å². The first kappa shape index (κ1) is 14.6. The normalized spacial score (nSPS) is 12.0. The van der Waals surface area contributed by atoms with Gasteiger partial charge in [-0.2, -0.15) is 4.98 Å². The van der Waals surface area contributed by atoms with E-state index in [1.807, 2.05) is 12.1 Å². The van der Waals surface area contributed by atoms with E-state index in [0.717, 1.165) is 5.56 Å². The predicted molar refractivity (Wildman–Crippen MR) is 75.3 cm³/mol. The van der Waals surface area contributed by atoms with Gasteiger partial charge in [-0.25, -0.2) is 4.98 Å². The van der Waals surface area contributed by atoms with Crippen molar-refractivity contribution in [1.82, 2.24) is 9.97 Å². The molecule has 0 aliphatic rings. The topological polar surface area (TPSA) is 64.5 Å². The molecule has 0 bridgehead atoms. The summed E-state index contributed by atoms with van der Waals surface area (Å²) >= 11 is 5.83. The van der Waals surface area contributed by atoms with E-state index < -0.39 is 6.10 Å². The van der Waals surface area contributed by atoms with Gasteiger partial charge in [-0.15, -0.1) is 0 Å². The molecule has 6 heteroatoms. The van der Waals surface area contributed by atoms with Crippen LogP contribution in [0.5, 0.6) is 11.8 Å². The quantitative estimate of drug-likeness (QED) is 0.917. The largest absolute Gasteiger partial charge is 0.480 e. The van der Waals surface area contributed by atoms with E-state index in [1.54, 1.807) is 12.1 Å². The molecule has 0 spiro atoms. The highest BCUT2D eigenvalue weighted by Crippen LogP contribution is 2.26. The molecule has 0 amide bonds. The number of ether oxygens (including phenoxy) is 2. The van der Waals surface area contributed by atoms with Crippen molar-refractivity contribution in [2.75, 3.05) is 14.2 Å². The van der Waals surface area contributed by atoms with Crippen LogP contribution in [0.4, 0.5) is 0 Å². The van der Waals surface area contributed by atoms with Crippen LogP contribution in [0.1, 0.15) is 17.4 Å². The van der Waals surface area contributed by atoms with Crippen LogP contribution in [0.3, 0.4) is 0 Å². The zero-order valence-corrected chi connectivity index (χ0v) is 12.0. The molecule has 20 heavy (non-hydrogen) atoms. The fraction of sp³-hybridized carbons (Fsp3) is 0.286. The zero-order valence-electron chi connectivity index (χ0n) is 11.2. The Bertz CT molecular complexity index is 575. The van der Waals surface area contributed by atoms with Crippen LogP contribution in [0.2, 0.25) is 5.02 Å². The third-order valence-corrected chi connectivity index (χ3v) is 3.06. The maximum atomic E-state index is 10.3. The molecule has 1 heterocycles. The minimum Gasteiger partial charge on any atom is -0.480 e. The van der Waals surface area contributed by atoms with Crippen molar-refractivity contribution < 1.29 is 14.6 Å². The van der Waals surface area contributed by atoms with Crippen molar-refractivity contribution in [3.8, 4) is 11.8 Å². The molecule has 0 saturated carbocycles. The third-order valence-electron chi connectivity index (χ3n) is 2.81. The molecule has 0 aliphatic carbocycles. The van der Waals surface area contributed by atoms with Gasteiger partial charge in [0.25, 0.3) is 0 Å². The van der Waals surface area contributed by atoms with Crippen molar-refractivity contribution in [3.05, 3.63) is 46.7 Å². The highest BCUT2D eigenvalue weighted by atomic mass is 35.5. The Hall–Kier alpha value is -1.85. The summed E-state index contributed by atoms with van der Waals surface area (Å²) in [6.07, 6.45) is 1.03. The van der Waals surface area contributed by atoms with E-state index in [4.69, 9.17) is 21.1 Å². The number of rotatable bonds is 5. The van der Waals surface area contributed by atoms with Crippen LogP contribution in [0, 0.1) is 0 Å². The molecule has 0 fully saturated rings. The van der Waals surface area contributed by atoms with Crippen LogP contribution in [-0.4, -0.2) is 29.3 Å². The highest BCUT2D eigenvalue weighted by Gasteiger charge is 2.18. The molecular weight excluding hydrogens is 280 g/mol. The number of nitrogens with zero attached hydrogens (tertiary/aromatic N) is 2. The lowest BCUT2D eigenvalue weighted by Gasteiger charge is -2.13. The van der Waals surface area contributed by atoms with Gasteiger partial charge in [-0.05, 0) is 17.7 Å². The van der Waals surface area contributed by atoms with Gasteiger partial charge in [-0.1, -0.05) is 23.7 Å². The van der Waals surface area contributed by atoms with E-state index in [1.165, 1.54) is 20.4 Å². The Kier molecular flexibility index (Phi) is 4.76. The van der Waals surface area contributed by atoms with Crippen LogP contribution < -0.4 is 9.47 Å². The molecular formula is C14H15ClN2O3. The zero-order chi connectivity index (χ0) is 14.5. The lowest BCUT2D eigenvalue weighted by Crippen LogP contribution is -2.08. The second kappa shape index (κ2) is 6.54. The van der Waals surface area contributed by atoms with Gasteiger partial charge in [0.15, 0.2) is 0 Å². The fourth-order valence-corrected chi connectivity index (χ4v) is 1.91. The molecule has 1 aromatic carbocycles. The Balaban J connectivity index is 2.20. The number of hydrogen-bond acceptors (Lipinski definition) is 5. The first-order chi connectivity index (χ1) is 9.63. The molecule has 5 nitrogen and oxygen atoms in total. The van der Waals surface area contributed by atoms with Gasteiger partial charge in [0.05, 0.1) is 20.4 Å². The van der Waals surface area contributed by atoms with Crippen molar-refractivity contribution in [1.29, 1.82) is 0 Å². The molecule has 0 radical (unpaired) electrons. The third kappa shape index (κ3) is 3.37. The summed E-state index contributed by atoms with van der Waals surface area (Å²) in [5, 5.41) is 10.9. The molecule has 106 valence electrons. The summed E-state index contributed by atoms with van der Waals surface area (Å²) in [5.74, 6) is 0.593. The van der Waals surface area contributed by atoms with Gasteiger partial charge >= 0.3 is 0 Å². The predicted octanol–water partition coefficient (Wildman–Crippen LogP) is 2.42. The van der Waals surface area contributed by atoms with Crippen molar-refractivity contribution in [3.63, 3.8) is 0 Å². The number of aromatic nitrogens is 2. The molecule has 1 unspecified atom stereocenters. The number of aliphatic hydroxyl groups is 1. The van der Waals surface area contributed by atoms with Gasteiger partial charge < -0.3 is 14.6 Å². The number of aliphatic hydroxyl groups excluding tert-OH is 1. The molecule has 2 rings (SSSR count). The summed E-state index contributed by atoms with van der Waals surface area (Å²) in [4.78, 5) is 8.24. The first-order valence-corrected chi connectivity index (χ1v) is 6.39. The molecule has 1 aromatic heterocycles. The molecule has 1 atom stereocenters. The highest BCUT2D eigenvalue weighted by molar-refractivity contribution is 6.30. The smallest absolute Gasteiger partial charge is 0.241 e. The molecule has 2 aromatic rings. The first-order valence-electron chi connectivity index (χ1n) is 6.01. The maximum Gasteiger partial charge on any atom is 0.241 e. The summed E-state index contributed by atoms with van der Waals surface area (Å²) < 4.78 is 10.1. The lowest BCUT2D eigenvalue weighted by atomic mass is 10.1. The minimum atomic E-state index is -0.815. The summed E-state index contributed by atoms with van der Waals surface area (Å²) in [6, 6.07) is 7.27. The van der Waals surface area contributed by atoms with Gasteiger partial charge in [0, 0.05) is 11.4 Å².